The second-order valence-electron chi connectivity index (χ2n) is 2.95. The average Bonchev–Trinajstić information content (AvgIpc) is 2.49. The highest BCUT2D eigenvalue weighted by Gasteiger charge is 2.16. The van der Waals surface area contributed by atoms with Crippen LogP contribution in [0.3, 0.4) is 0 Å². The Balaban J connectivity index is 3.11. The zero-order chi connectivity index (χ0) is 11.4. The van der Waals surface area contributed by atoms with E-state index in [1.54, 1.807) is 18.7 Å². The standard InChI is InChI=1S/C8H14N4O2S/c1-5-6(7(9)11-14)8(12(2)10-5)15-4-3-13/h13-14H,3-4H2,1-2H3,(H2,9,11). The SMILES string of the molecule is Cc1nn(C)c(SCCO)c1C(N)=NO. The molecule has 0 aliphatic rings. The molecular formula is C8H14N4O2S. The van der Waals surface area contributed by atoms with Gasteiger partial charge in [-0.25, -0.2) is 0 Å². The third-order valence-electron chi connectivity index (χ3n) is 1.86. The molecule has 1 aromatic rings. The minimum absolute atomic E-state index is 0.0426. The number of amidine groups is 1. The fraction of sp³-hybridized carbons (Fsp3) is 0.500. The van der Waals surface area contributed by atoms with Crippen LogP contribution in [0.25, 0.3) is 0 Å². The van der Waals surface area contributed by atoms with E-state index in [1.165, 1.54) is 11.8 Å². The Morgan fingerprint density at radius 2 is 2.33 bits per heavy atom. The van der Waals surface area contributed by atoms with Crippen molar-refractivity contribution in [3.8, 4) is 0 Å². The number of aromatic nitrogens is 2. The number of hydrogen-bond donors (Lipinski definition) is 3. The molecule has 0 bridgehead atoms. The molecule has 0 radical (unpaired) electrons. The van der Waals surface area contributed by atoms with Gasteiger partial charge in [0.1, 0.15) is 5.03 Å². The van der Waals surface area contributed by atoms with Gasteiger partial charge in [-0.15, -0.1) is 11.8 Å². The molecule has 0 unspecified atom stereocenters. The summed E-state index contributed by atoms with van der Waals surface area (Å²) in [4.78, 5) is 0. The van der Waals surface area contributed by atoms with Crippen LogP contribution in [-0.4, -0.2) is 38.3 Å². The number of hydrogen-bond acceptors (Lipinski definition) is 5. The van der Waals surface area contributed by atoms with Gasteiger partial charge in [0.25, 0.3) is 0 Å². The van der Waals surface area contributed by atoms with Gasteiger partial charge in [0.2, 0.25) is 0 Å². The quantitative estimate of drug-likeness (QED) is 0.221. The van der Waals surface area contributed by atoms with E-state index in [0.717, 1.165) is 5.03 Å². The number of aryl methyl sites for hydroxylation is 2. The topological polar surface area (TPSA) is 96.7 Å². The maximum atomic E-state index is 8.75. The first kappa shape index (κ1) is 11.9. The van der Waals surface area contributed by atoms with E-state index in [-0.39, 0.29) is 12.4 Å². The molecule has 84 valence electrons. The normalized spacial score (nSPS) is 12.1. The zero-order valence-corrected chi connectivity index (χ0v) is 9.45. The molecule has 0 fully saturated rings. The number of nitrogens with two attached hydrogens (primary N) is 1. The Labute approximate surface area is 91.8 Å². The number of rotatable bonds is 4. The van der Waals surface area contributed by atoms with Crippen LogP contribution >= 0.6 is 11.8 Å². The van der Waals surface area contributed by atoms with Gasteiger partial charge in [-0.1, -0.05) is 5.16 Å². The molecule has 7 heteroatoms. The van der Waals surface area contributed by atoms with Crippen LogP contribution in [0.1, 0.15) is 11.3 Å². The number of nitrogens with zero attached hydrogens (tertiary/aromatic N) is 3. The Morgan fingerprint density at radius 1 is 1.67 bits per heavy atom. The fourth-order valence-corrected chi connectivity index (χ4v) is 2.20. The fourth-order valence-electron chi connectivity index (χ4n) is 1.29. The highest BCUT2D eigenvalue weighted by atomic mass is 32.2. The Morgan fingerprint density at radius 3 is 2.87 bits per heavy atom. The van der Waals surface area contributed by atoms with Gasteiger partial charge in [-0.3, -0.25) is 4.68 Å². The van der Waals surface area contributed by atoms with Crippen LogP contribution < -0.4 is 5.73 Å². The van der Waals surface area contributed by atoms with E-state index < -0.39 is 0 Å². The number of oxime groups is 1. The molecule has 0 atom stereocenters. The summed E-state index contributed by atoms with van der Waals surface area (Å²) >= 11 is 1.42. The van der Waals surface area contributed by atoms with E-state index >= 15 is 0 Å². The minimum atomic E-state index is 0.0426. The maximum absolute atomic E-state index is 8.75. The van der Waals surface area contributed by atoms with Crippen molar-refractivity contribution >= 4 is 17.6 Å². The van der Waals surface area contributed by atoms with E-state index in [2.05, 4.69) is 10.3 Å². The molecule has 6 nitrogen and oxygen atoms in total. The molecule has 0 saturated heterocycles. The number of aliphatic hydroxyl groups excluding tert-OH is 1. The highest BCUT2D eigenvalue weighted by Crippen LogP contribution is 2.24. The lowest BCUT2D eigenvalue weighted by Gasteiger charge is -2.03. The lowest BCUT2D eigenvalue weighted by Crippen LogP contribution is -2.15. The predicted octanol–water partition coefficient (Wildman–Crippen LogP) is -0.0926. The molecule has 0 aliphatic heterocycles. The number of thioether (sulfide) groups is 1. The molecule has 1 aromatic heterocycles. The summed E-state index contributed by atoms with van der Waals surface area (Å²) in [6.07, 6.45) is 0. The van der Waals surface area contributed by atoms with Crippen LogP contribution in [0.15, 0.2) is 10.2 Å². The molecule has 1 heterocycles. The predicted molar refractivity (Wildman–Crippen MR) is 58.3 cm³/mol. The van der Waals surface area contributed by atoms with Crippen LogP contribution in [0.4, 0.5) is 0 Å². The van der Waals surface area contributed by atoms with Crippen molar-refractivity contribution in [3.63, 3.8) is 0 Å². The molecular weight excluding hydrogens is 216 g/mol. The van der Waals surface area contributed by atoms with Gasteiger partial charge >= 0.3 is 0 Å². The van der Waals surface area contributed by atoms with Crippen LogP contribution in [0, 0.1) is 6.92 Å². The summed E-state index contributed by atoms with van der Waals surface area (Å²) in [6, 6.07) is 0. The first-order valence-electron chi connectivity index (χ1n) is 4.37. The smallest absolute Gasteiger partial charge is 0.174 e. The highest BCUT2D eigenvalue weighted by molar-refractivity contribution is 7.99. The second kappa shape index (κ2) is 5.04. The lowest BCUT2D eigenvalue weighted by atomic mass is 10.2. The molecule has 0 aromatic carbocycles. The van der Waals surface area contributed by atoms with E-state index in [9.17, 15) is 0 Å². The molecule has 4 N–H and O–H groups in total. The monoisotopic (exact) mass is 230 g/mol. The summed E-state index contributed by atoms with van der Waals surface area (Å²) in [5, 5.41) is 25.3. The van der Waals surface area contributed by atoms with E-state index in [4.69, 9.17) is 16.0 Å². The summed E-state index contributed by atoms with van der Waals surface area (Å²) < 4.78 is 1.66. The third-order valence-corrected chi connectivity index (χ3v) is 2.99. The minimum Gasteiger partial charge on any atom is -0.409 e. The van der Waals surface area contributed by atoms with Crippen molar-refractivity contribution < 1.29 is 10.3 Å². The zero-order valence-electron chi connectivity index (χ0n) is 8.64. The molecule has 0 amide bonds. The van der Waals surface area contributed by atoms with Crippen LogP contribution in [0.2, 0.25) is 0 Å². The van der Waals surface area contributed by atoms with E-state index in [0.29, 0.717) is 17.0 Å². The van der Waals surface area contributed by atoms with Gasteiger partial charge in [0.15, 0.2) is 5.84 Å². The third kappa shape index (κ3) is 2.42. The molecule has 15 heavy (non-hydrogen) atoms. The van der Waals surface area contributed by atoms with Crippen molar-refractivity contribution in [2.24, 2.45) is 17.9 Å². The van der Waals surface area contributed by atoms with Gasteiger partial charge in [-0.2, -0.15) is 5.10 Å². The molecule has 1 rings (SSSR count). The van der Waals surface area contributed by atoms with Crippen molar-refractivity contribution in [1.29, 1.82) is 0 Å². The first-order chi connectivity index (χ1) is 7.11. The van der Waals surface area contributed by atoms with Gasteiger partial charge < -0.3 is 16.0 Å². The van der Waals surface area contributed by atoms with Gasteiger partial charge in [-0.05, 0) is 6.92 Å². The summed E-state index contributed by atoms with van der Waals surface area (Å²) in [5.41, 5.74) is 6.88. The summed E-state index contributed by atoms with van der Waals surface area (Å²) in [6.45, 7) is 1.86. The van der Waals surface area contributed by atoms with Gasteiger partial charge in [0, 0.05) is 12.8 Å². The average molecular weight is 230 g/mol. The Bertz CT molecular complexity index is 375. The Hall–Kier alpha value is -1.21. The lowest BCUT2D eigenvalue weighted by molar-refractivity contribution is 0.318. The Kier molecular flexibility index (Phi) is 3.98. The van der Waals surface area contributed by atoms with Crippen molar-refractivity contribution in [2.75, 3.05) is 12.4 Å². The van der Waals surface area contributed by atoms with Crippen LogP contribution in [0.5, 0.6) is 0 Å². The van der Waals surface area contributed by atoms with Crippen molar-refractivity contribution in [3.05, 3.63) is 11.3 Å². The summed E-state index contributed by atoms with van der Waals surface area (Å²) in [7, 11) is 1.78. The maximum Gasteiger partial charge on any atom is 0.174 e. The van der Waals surface area contributed by atoms with Gasteiger partial charge in [0.05, 0.1) is 17.9 Å². The molecule has 0 saturated carbocycles. The largest absolute Gasteiger partial charge is 0.409 e. The molecule has 0 aliphatic carbocycles. The summed E-state index contributed by atoms with van der Waals surface area (Å²) in [5.74, 6) is 0.589. The first-order valence-corrected chi connectivity index (χ1v) is 5.35. The molecule has 0 spiro atoms. The second-order valence-corrected chi connectivity index (χ2v) is 4.03. The van der Waals surface area contributed by atoms with Crippen molar-refractivity contribution in [2.45, 2.75) is 11.9 Å². The van der Waals surface area contributed by atoms with Crippen molar-refractivity contribution in [1.82, 2.24) is 9.78 Å². The van der Waals surface area contributed by atoms with Crippen LogP contribution in [-0.2, 0) is 7.05 Å². The van der Waals surface area contributed by atoms with E-state index in [1.807, 2.05) is 0 Å². The number of aliphatic hydroxyl groups is 1.